The van der Waals surface area contributed by atoms with Gasteiger partial charge in [-0.05, 0) is 42.8 Å². The second kappa shape index (κ2) is 7.41. The Balaban J connectivity index is 1.63. The fourth-order valence-electron chi connectivity index (χ4n) is 4.34. The Morgan fingerprint density at radius 2 is 1.61 bits per heavy atom. The molecule has 2 amide bonds. The predicted molar refractivity (Wildman–Crippen MR) is 117 cm³/mol. The second-order valence-electron chi connectivity index (χ2n) is 7.61. The first-order chi connectivity index (χ1) is 15.0. The van der Waals surface area contributed by atoms with Crippen LogP contribution in [0, 0.1) is 12.8 Å². The maximum atomic E-state index is 13.6. The van der Waals surface area contributed by atoms with Gasteiger partial charge in [0.25, 0.3) is 5.91 Å². The number of aromatic hydroxyl groups is 1. The smallest absolute Gasteiger partial charge is 0.266 e. The molecule has 5 rings (SSSR count). The minimum Gasteiger partial charge on any atom is -0.508 e. The number of rotatable bonds is 3. The molecule has 156 valence electrons. The molecule has 0 bridgehead atoms. The molecule has 7 heteroatoms. The van der Waals surface area contributed by atoms with E-state index in [1.807, 2.05) is 30.3 Å². The fourth-order valence-corrected chi connectivity index (χ4v) is 4.51. The molecular weight excluding hydrogens is 416 g/mol. The number of carbonyl (C=O) groups excluding carboxylic acids is 2. The van der Waals surface area contributed by atoms with Gasteiger partial charge in [-0.2, -0.15) is 0 Å². The minimum absolute atomic E-state index is 0.0373. The van der Waals surface area contributed by atoms with Crippen molar-refractivity contribution in [3.8, 4) is 5.75 Å². The number of carbonyl (C=O) groups is 2. The molecule has 31 heavy (non-hydrogen) atoms. The van der Waals surface area contributed by atoms with E-state index in [4.69, 9.17) is 16.4 Å². The van der Waals surface area contributed by atoms with E-state index in [1.54, 1.807) is 54.5 Å². The third kappa shape index (κ3) is 2.99. The Bertz CT molecular complexity index is 1180. The highest BCUT2D eigenvalue weighted by Crippen LogP contribution is 2.49. The third-order valence-electron chi connectivity index (χ3n) is 5.86. The summed E-state index contributed by atoms with van der Waals surface area (Å²) in [6, 6.07) is 20.5. The van der Waals surface area contributed by atoms with Crippen molar-refractivity contribution in [2.45, 2.75) is 19.1 Å². The number of halogens is 1. The van der Waals surface area contributed by atoms with Gasteiger partial charge in [-0.1, -0.05) is 54.1 Å². The highest BCUT2D eigenvalue weighted by atomic mass is 35.5. The molecule has 2 heterocycles. The summed E-state index contributed by atoms with van der Waals surface area (Å²) in [6.45, 7) is 1.77. The Kier molecular flexibility index (Phi) is 4.68. The number of imide groups is 1. The lowest BCUT2D eigenvalue weighted by Gasteiger charge is -2.29. The molecule has 3 aromatic carbocycles. The largest absolute Gasteiger partial charge is 0.508 e. The highest BCUT2D eigenvalue weighted by Gasteiger charge is 2.60. The lowest BCUT2D eigenvalue weighted by molar-refractivity contribution is -0.126. The molecular formula is C24H19ClN2O4. The summed E-state index contributed by atoms with van der Waals surface area (Å²) < 4.78 is 0. The number of anilines is 2. The SMILES string of the molecule is Cc1c(Cl)cccc1N1C(=O)[C@H]2[C@H](ON(c3ccccc3)[C@@H]2c2ccccc2O)C1=O. The molecule has 2 aliphatic heterocycles. The van der Waals surface area contributed by atoms with E-state index < -0.39 is 24.0 Å². The molecule has 2 saturated heterocycles. The molecule has 0 radical (unpaired) electrons. The summed E-state index contributed by atoms with van der Waals surface area (Å²) in [5.41, 5.74) is 2.30. The van der Waals surface area contributed by atoms with Crippen LogP contribution in [0.1, 0.15) is 17.2 Å². The summed E-state index contributed by atoms with van der Waals surface area (Å²) in [5, 5.41) is 12.6. The van der Waals surface area contributed by atoms with E-state index in [0.717, 1.165) is 4.90 Å². The number of phenolic OH excluding ortho intramolecular Hbond substituents is 1. The van der Waals surface area contributed by atoms with Gasteiger partial charge in [0.1, 0.15) is 11.7 Å². The Hall–Kier alpha value is -3.35. The molecule has 0 saturated carbocycles. The van der Waals surface area contributed by atoms with Crippen LogP contribution in [-0.4, -0.2) is 23.0 Å². The van der Waals surface area contributed by atoms with Crippen LogP contribution in [0.2, 0.25) is 5.02 Å². The molecule has 0 unspecified atom stereocenters. The van der Waals surface area contributed by atoms with Crippen LogP contribution in [0.3, 0.4) is 0 Å². The summed E-state index contributed by atoms with van der Waals surface area (Å²) >= 11 is 6.24. The Labute approximate surface area is 184 Å². The van der Waals surface area contributed by atoms with Gasteiger partial charge in [0.15, 0.2) is 6.10 Å². The van der Waals surface area contributed by atoms with E-state index in [-0.39, 0.29) is 11.7 Å². The van der Waals surface area contributed by atoms with Crippen molar-refractivity contribution in [3.63, 3.8) is 0 Å². The average molecular weight is 435 g/mol. The van der Waals surface area contributed by atoms with Crippen LogP contribution in [0.5, 0.6) is 5.75 Å². The maximum Gasteiger partial charge on any atom is 0.266 e. The van der Waals surface area contributed by atoms with Gasteiger partial charge in [-0.15, -0.1) is 0 Å². The van der Waals surface area contributed by atoms with Gasteiger partial charge in [0.05, 0.1) is 17.4 Å². The van der Waals surface area contributed by atoms with Crippen molar-refractivity contribution >= 4 is 34.8 Å². The molecule has 3 aromatic rings. The zero-order chi connectivity index (χ0) is 21.7. The van der Waals surface area contributed by atoms with E-state index in [1.165, 1.54) is 0 Å². The standard InChI is InChI=1S/C24H19ClN2O4/c1-14-17(25)11-7-12-18(14)26-23(29)20-21(16-10-5-6-13-19(16)28)27(31-22(20)24(26)30)15-8-3-2-4-9-15/h2-13,20-22,28H,1H3/t20-,21-,22+/m1/s1. The Morgan fingerprint density at radius 1 is 0.903 bits per heavy atom. The van der Waals surface area contributed by atoms with Crippen LogP contribution < -0.4 is 9.96 Å². The van der Waals surface area contributed by atoms with Crippen LogP contribution in [0.15, 0.2) is 72.8 Å². The van der Waals surface area contributed by atoms with E-state index in [2.05, 4.69) is 0 Å². The van der Waals surface area contributed by atoms with Crippen LogP contribution in [0.25, 0.3) is 0 Å². The summed E-state index contributed by atoms with van der Waals surface area (Å²) in [6.07, 6.45) is -1.00. The number of hydroxylamine groups is 1. The van der Waals surface area contributed by atoms with Gasteiger partial charge >= 0.3 is 0 Å². The normalized spacial score (nSPS) is 22.8. The van der Waals surface area contributed by atoms with Crippen LogP contribution >= 0.6 is 11.6 Å². The number of phenols is 1. The fraction of sp³-hybridized carbons (Fsp3) is 0.167. The van der Waals surface area contributed by atoms with Crippen molar-refractivity contribution in [1.29, 1.82) is 0 Å². The topological polar surface area (TPSA) is 70.1 Å². The first kappa shape index (κ1) is 19.6. The van der Waals surface area contributed by atoms with E-state index in [0.29, 0.717) is 27.5 Å². The van der Waals surface area contributed by atoms with Gasteiger partial charge < -0.3 is 5.11 Å². The van der Waals surface area contributed by atoms with Crippen molar-refractivity contribution < 1.29 is 19.5 Å². The maximum absolute atomic E-state index is 13.6. The van der Waals surface area contributed by atoms with Crippen LogP contribution in [-0.2, 0) is 14.4 Å². The van der Waals surface area contributed by atoms with Gasteiger partial charge in [-0.25, -0.2) is 9.96 Å². The molecule has 1 N–H and O–H groups in total. The number of hydrogen-bond donors (Lipinski definition) is 1. The highest BCUT2D eigenvalue weighted by molar-refractivity contribution is 6.32. The predicted octanol–water partition coefficient (Wildman–Crippen LogP) is 4.41. The number of amides is 2. The molecule has 2 fully saturated rings. The van der Waals surface area contributed by atoms with Crippen molar-refractivity contribution in [2.24, 2.45) is 5.92 Å². The minimum atomic E-state index is -1.00. The Morgan fingerprint density at radius 3 is 2.35 bits per heavy atom. The number of para-hydroxylation sites is 2. The number of benzene rings is 3. The van der Waals surface area contributed by atoms with E-state index >= 15 is 0 Å². The number of hydrogen-bond acceptors (Lipinski definition) is 5. The molecule has 6 nitrogen and oxygen atoms in total. The van der Waals surface area contributed by atoms with Crippen molar-refractivity contribution in [2.75, 3.05) is 9.96 Å². The lowest BCUT2D eigenvalue weighted by atomic mass is 9.90. The number of fused-ring (bicyclic) bond motifs is 1. The zero-order valence-electron chi connectivity index (χ0n) is 16.6. The van der Waals surface area contributed by atoms with Gasteiger partial charge in [0.2, 0.25) is 5.91 Å². The van der Waals surface area contributed by atoms with Gasteiger partial charge in [0, 0.05) is 10.6 Å². The molecule has 0 aromatic heterocycles. The summed E-state index contributed by atoms with van der Waals surface area (Å²) in [7, 11) is 0. The third-order valence-corrected chi connectivity index (χ3v) is 6.27. The number of nitrogens with zero attached hydrogens (tertiary/aromatic N) is 2. The molecule has 2 aliphatic rings. The van der Waals surface area contributed by atoms with Crippen LogP contribution in [0.4, 0.5) is 11.4 Å². The molecule has 3 atom stereocenters. The molecule has 0 aliphatic carbocycles. The van der Waals surface area contributed by atoms with Crippen molar-refractivity contribution in [3.05, 3.63) is 88.9 Å². The second-order valence-corrected chi connectivity index (χ2v) is 8.02. The monoisotopic (exact) mass is 434 g/mol. The summed E-state index contributed by atoms with van der Waals surface area (Å²) in [5.74, 6) is -1.61. The lowest BCUT2D eigenvalue weighted by Crippen LogP contribution is -2.37. The first-order valence-electron chi connectivity index (χ1n) is 9.91. The van der Waals surface area contributed by atoms with Crippen molar-refractivity contribution in [1.82, 2.24) is 0 Å². The molecule has 0 spiro atoms. The average Bonchev–Trinajstić information content (AvgIpc) is 3.28. The van der Waals surface area contributed by atoms with E-state index in [9.17, 15) is 14.7 Å². The zero-order valence-corrected chi connectivity index (χ0v) is 17.4. The quantitative estimate of drug-likeness (QED) is 0.618. The van der Waals surface area contributed by atoms with Gasteiger partial charge in [-0.3, -0.25) is 14.4 Å². The summed E-state index contributed by atoms with van der Waals surface area (Å²) in [4.78, 5) is 34.2. The first-order valence-corrected chi connectivity index (χ1v) is 10.3.